The van der Waals surface area contributed by atoms with Crippen molar-refractivity contribution in [1.29, 1.82) is 0 Å². The summed E-state index contributed by atoms with van der Waals surface area (Å²) in [5.74, 6) is -0.0503. The van der Waals surface area contributed by atoms with E-state index in [9.17, 15) is 18.0 Å². The third-order valence-corrected chi connectivity index (χ3v) is 2.81. The fraction of sp³-hybridized carbons (Fsp3) is 0.500. The second-order valence-electron chi connectivity index (χ2n) is 4.64. The number of aliphatic hydroxyl groups excluding tert-OH is 1. The van der Waals surface area contributed by atoms with Crippen molar-refractivity contribution in [2.75, 3.05) is 31.6 Å². The number of rotatable bonds is 6. The lowest BCUT2D eigenvalue weighted by Crippen LogP contribution is -2.37. The van der Waals surface area contributed by atoms with E-state index in [4.69, 9.17) is 9.84 Å². The van der Waals surface area contributed by atoms with E-state index in [1.807, 2.05) is 0 Å². The number of hydrogen-bond donors (Lipinski definition) is 2. The Morgan fingerprint density at radius 3 is 2.64 bits per heavy atom. The molecule has 2 N–H and O–H groups in total. The minimum Gasteiger partial charge on any atom is -0.482 e. The van der Waals surface area contributed by atoms with Crippen LogP contribution in [0.15, 0.2) is 18.2 Å². The molecule has 8 heteroatoms. The maximum Gasteiger partial charge on any atom is 0.422 e. The molecular formula is C14H19F3N2O3. The molecule has 124 valence electrons. The van der Waals surface area contributed by atoms with E-state index in [0.717, 1.165) is 0 Å². The summed E-state index contributed by atoms with van der Waals surface area (Å²) < 4.78 is 41.6. The average Bonchev–Trinajstić information content (AvgIpc) is 2.43. The summed E-state index contributed by atoms with van der Waals surface area (Å²) in [5, 5.41) is 11.4. The molecule has 1 aromatic rings. The normalized spacial score (nSPS) is 11.2. The Morgan fingerprint density at radius 1 is 1.41 bits per heavy atom. The van der Waals surface area contributed by atoms with Gasteiger partial charge in [0.1, 0.15) is 5.75 Å². The molecule has 0 atom stereocenters. The summed E-state index contributed by atoms with van der Waals surface area (Å²) in [7, 11) is 0. The molecule has 0 saturated carbocycles. The number of carbonyl (C=O) groups is 1. The Kier molecular flexibility index (Phi) is 6.48. The third-order valence-electron chi connectivity index (χ3n) is 2.81. The van der Waals surface area contributed by atoms with Gasteiger partial charge >= 0.3 is 12.2 Å². The van der Waals surface area contributed by atoms with Gasteiger partial charge in [-0.3, -0.25) is 0 Å². The molecule has 0 heterocycles. The average molecular weight is 320 g/mol. The number of nitrogens with one attached hydrogen (secondary N) is 1. The zero-order valence-electron chi connectivity index (χ0n) is 12.4. The molecule has 0 spiro atoms. The van der Waals surface area contributed by atoms with Gasteiger partial charge in [-0.2, -0.15) is 13.2 Å². The summed E-state index contributed by atoms with van der Waals surface area (Å²) in [6, 6.07) is 4.03. The molecule has 0 aliphatic carbocycles. The van der Waals surface area contributed by atoms with Gasteiger partial charge < -0.3 is 20.1 Å². The van der Waals surface area contributed by atoms with Crippen LogP contribution in [0.1, 0.15) is 12.5 Å². The fourth-order valence-corrected chi connectivity index (χ4v) is 1.73. The van der Waals surface area contributed by atoms with E-state index < -0.39 is 18.8 Å². The van der Waals surface area contributed by atoms with Crippen LogP contribution in [0, 0.1) is 6.92 Å². The van der Waals surface area contributed by atoms with Gasteiger partial charge in [-0.1, -0.05) is 6.07 Å². The van der Waals surface area contributed by atoms with Crippen molar-refractivity contribution in [2.24, 2.45) is 0 Å². The molecule has 0 fully saturated rings. The quantitative estimate of drug-likeness (QED) is 0.847. The minimum absolute atomic E-state index is 0.0503. The van der Waals surface area contributed by atoms with E-state index in [1.165, 1.54) is 17.0 Å². The summed E-state index contributed by atoms with van der Waals surface area (Å²) in [5.41, 5.74) is 0.856. The standard InChI is InChI=1S/C14H19F3N2O3/c1-3-19(6-7-20)13(21)18-11-5-4-10(2)8-12(11)22-9-14(15,16)17/h4-5,8,20H,3,6-7,9H2,1-2H3,(H,18,21). The SMILES string of the molecule is CCN(CCO)C(=O)Nc1ccc(C)cc1OCC(F)(F)F. The number of amides is 2. The topological polar surface area (TPSA) is 61.8 Å². The number of ether oxygens (including phenoxy) is 1. The van der Waals surface area contributed by atoms with Crippen LogP contribution in [0.25, 0.3) is 0 Å². The number of carbonyl (C=O) groups excluding carboxylic acids is 1. The highest BCUT2D eigenvalue weighted by atomic mass is 19.4. The molecule has 0 unspecified atom stereocenters. The first kappa shape index (κ1) is 18.1. The third kappa shape index (κ3) is 5.80. The van der Waals surface area contributed by atoms with Crippen molar-refractivity contribution < 1.29 is 27.8 Å². The highest BCUT2D eigenvalue weighted by Gasteiger charge is 2.29. The number of hydrogen-bond acceptors (Lipinski definition) is 3. The Balaban J connectivity index is 2.87. The lowest BCUT2D eigenvalue weighted by atomic mass is 10.2. The number of likely N-dealkylation sites (N-methyl/N-ethyl adjacent to an activating group) is 1. The molecule has 2 amide bonds. The lowest BCUT2D eigenvalue weighted by Gasteiger charge is -2.21. The zero-order valence-corrected chi connectivity index (χ0v) is 12.4. The van der Waals surface area contributed by atoms with Crippen molar-refractivity contribution in [3.8, 4) is 5.75 Å². The van der Waals surface area contributed by atoms with Gasteiger partial charge in [0, 0.05) is 13.1 Å². The first-order valence-corrected chi connectivity index (χ1v) is 6.73. The summed E-state index contributed by atoms with van der Waals surface area (Å²) >= 11 is 0. The fourth-order valence-electron chi connectivity index (χ4n) is 1.73. The van der Waals surface area contributed by atoms with E-state index in [2.05, 4.69) is 5.32 Å². The smallest absolute Gasteiger partial charge is 0.422 e. The minimum atomic E-state index is -4.46. The van der Waals surface area contributed by atoms with Crippen molar-refractivity contribution in [3.05, 3.63) is 23.8 Å². The van der Waals surface area contributed by atoms with Gasteiger partial charge in [-0.25, -0.2) is 4.79 Å². The van der Waals surface area contributed by atoms with Crippen LogP contribution in [-0.4, -0.2) is 48.5 Å². The Labute approximate surface area is 126 Å². The maximum absolute atomic E-state index is 12.3. The lowest BCUT2D eigenvalue weighted by molar-refractivity contribution is -0.153. The van der Waals surface area contributed by atoms with Crippen LogP contribution in [-0.2, 0) is 0 Å². The Morgan fingerprint density at radius 2 is 2.09 bits per heavy atom. The number of urea groups is 1. The van der Waals surface area contributed by atoms with Gasteiger partial charge in [0.2, 0.25) is 0 Å². The van der Waals surface area contributed by atoms with Crippen LogP contribution < -0.4 is 10.1 Å². The van der Waals surface area contributed by atoms with E-state index in [-0.39, 0.29) is 24.6 Å². The van der Waals surface area contributed by atoms with Crippen LogP contribution in [0.4, 0.5) is 23.7 Å². The van der Waals surface area contributed by atoms with Crippen molar-refractivity contribution in [3.63, 3.8) is 0 Å². The number of halogens is 3. The van der Waals surface area contributed by atoms with E-state index >= 15 is 0 Å². The van der Waals surface area contributed by atoms with Crippen molar-refractivity contribution in [1.82, 2.24) is 4.90 Å². The number of benzene rings is 1. The molecule has 22 heavy (non-hydrogen) atoms. The van der Waals surface area contributed by atoms with Crippen molar-refractivity contribution in [2.45, 2.75) is 20.0 Å². The molecule has 1 rings (SSSR count). The maximum atomic E-state index is 12.3. The van der Waals surface area contributed by atoms with Gasteiger partial charge in [-0.15, -0.1) is 0 Å². The number of aliphatic hydroxyl groups is 1. The molecule has 1 aromatic carbocycles. The first-order chi connectivity index (χ1) is 10.3. The largest absolute Gasteiger partial charge is 0.482 e. The monoisotopic (exact) mass is 320 g/mol. The second-order valence-corrected chi connectivity index (χ2v) is 4.64. The summed E-state index contributed by atoms with van der Waals surface area (Å²) in [6.45, 7) is 2.28. The Bertz CT molecular complexity index is 507. The molecule has 5 nitrogen and oxygen atoms in total. The number of anilines is 1. The number of nitrogens with zero attached hydrogens (tertiary/aromatic N) is 1. The second kappa shape index (κ2) is 7.88. The highest BCUT2D eigenvalue weighted by molar-refractivity contribution is 5.91. The van der Waals surface area contributed by atoms with Crippen molar-refractivity contribution >= 4 is 11.7 Å². The summed E-state index contributed by atoms with van der Waals surface area (Å²) in [4.78, 5) is 13.3. The first-order valence-electron chi connectivity index (χ1n) is 6.73. The van der Waals surface area contributed by atoms with Crippen LogP contribution in [0.3, 0.4) is 0 Å². The van der Waals surface area contributed by atoms with Gasteiger partial charge in [0.15, 0.2) is 6.61 Å². The summed E-state index contributed by atoms with van der Waals surface area (Å²) in [6.07, 6.45) is -4.46. The molecule has 0 aliphatic rings. The van der Waals surface area contributed by atoms with Gasteiger partial charge in [-0.05, 0) is 31.5 Å². The van der Waals surface area contributed by atoms with E-state index in [1.54, 1.807) is 19.9 Å². The van der Waals surface area contributed by atoms with E-state index in [0.29, 0.717) is 12.1 Å². The predicted molar refractivity (Wildman–Crippen MR) is 76.1 cm³/mol. The number of alkyl halides is 3. The zero-order chi connectivity index (χ0) is 16.8. The molecule has 0 aliphatic heterocycles. The van der Waals surface area contributed by atoms with Crippen LogP contribution in [0.2, 0.25) is 0 Å². The molecule has 0 saturated heterocycles. The predicted octanol–water partition coefficient (Wildman–Crippen LogP) is 2.78. The molecule has 0 aromatic heterocycles. The van der Waals surface area contributed by atoms with Crippen LogP contribution in [0.5, 0.6) is 5.75 Å². The Hall–Kier alpha value is -1.96. The highest BCUT2D eigenvalue weighted by Crippen LogP contribution is 2.28. The van der Waals surface area contributed by atoms with Gasteiger partial charge in [0.05, 0.1) is 12.3 Å². The molecule has 0 bridgehead atoms. The molecule has 0 radical (unpaired) electrons. The van der Waals surface area contributed by atoms with Gasteiger partial charge in [0.25, 0.3) is 0 Å². The molecular weight excluding hydrogens is 301 g/mol. The van der Waals surface area contributed by atoms with Crippen LogP contribution >= 0.6 is 0 Å². The number of aryl methyl sites for hydroxylation is 1.